The Kier molecular flexibility index (Phi) is 6.29. The Morgan fingerprint density at radius 2 is 0.736 bits per heavy atom. The maximum absolute atomic E-state index is 2.59. The molecule has 2 aliphatic carbocycles. The lowest BCUT2D eigenvalue weighted by Gasteiger charge is -2.44. The van der Waals surface area contributed by atoms with Crippen molar-refractivity contribution >= 4 is 17.1 Å². The molecule has 0 N–H and O–H groups in total. The topological polar surface area (TPSA) is 3.24 Å². The summed E-state index contributed by atoms with van der Waals surface area (Å²) in [4.78, 5) is 2.59. The maximum atomic E-state index is 2.59. The predicted octanol–water partition coefficient (Wildman–Crippen LogP) is 13.5. The van der Waals surface area contributed by atoms with E-state index in [4.69, 9.17) is 0 Å². The first kappa shape index (κ1) is 30.2. The van der Waals surface area contributed by atoms with Crippen LogP contribution in [-0.2, 0) is 10.8 Å². The first-order valence-corrected chi connectivity index (χ1v) is 18.7. The fraction of sp³-hybridized carbons (Fsp3) is 0.0769. The average Bonchev–Trinajstić information content (AvgIpc) is 3.69. The molecule has 8 aromatic rings. The molecule has 0 unspecified atom stereocenters. The highest BCUT2D eigenvalue weighted by atomic mass is 15.2. The summed E-state index contributed by atoms with van der Waals surface area (Å²) < 4.78 is 0. The Hall–Kier alpha value is -6.44. The van der Waals surface area contributed by atoms with Gasteiger partial charge in [0.15, 0.2) is 0 Å². The van der Waals surface area contributed by atoms with E-state index in [-0.39, 0.29) is 5.41 Å². The summed E-state index contributed by atoms with van der Waals surface area (Å²) >= 11 is 0. The summed E-state index contributed by atoms with van der Waals surface area (Å²) in [5, 5.41) is 0. The Labute approximate surface area is 311 Å². The lowest BCUT2D eigenvalue weighted by atomic mass is 9.69. The third-order valence-electron chi connectivity index (χ3n) is 12.3. The molecule has 3 aliphatic rings. The molecule has 0 fully saturated rings. The Morgan fingerprint density at radius 1 is 0.321 bits per heavy atom. The number of rotatable bonds is 3. The van der Waals surface area contributed by atoms with Crippen molar-refractivity contribution in [1.82, 2.24) is 0 Å². The average molecular weight is 676 g/mol. The minimum Gasteiger partial charge on any atom is -0.310 e. The molecule has 0 saturated heterocycles. The molecule has 11 rings (SSSR count). The van der Waals surface area contributed by atoms with Crippen molar-refractivity contribution in [3.63, 3.8) is 0 Å². The molecule has 1 nitrogen and oxygen atoms in total. The van der Waals surface area contributed by atoms with Crippen LogP contribution in [0.5, 0.6) is 0 Å². The fourth-order valence-corrected chi connectivity index (χ4v) is 9.94. The molecule has 53 heavy (non-hydrogen) atoms. The van der Waals surface area contributed by atoms with Gasteiger partial charge in [0.25, 0.3) is 0 Å². The number of fused-ring (bicyclic) bond motifs is 12. The van der Waals surface area contributed by atoms with E-state index in [1.54, 1.807) is 0 Å². The molecule has 0 amide bonds. The van der Waals surface area contributed by atoms with Crippen molar-refractivity contribution in [1.29, 1.82) is 0 Å². The van der Waals surface area contributed by atoms with E-state index in [1.165, 1.54) is 95.0 Å². The minimum absolute atomic E-state index is 0.262. The van der Waals surface area contributed by atoms with Crippen molar-refractivity contribution in [2.45, 2.75) is 24.7 Å². The molecular formula is C52H37N. The van der Waals surface area contributed by atoms with E-state index in [0.717, 1.165) is 0 Å². The van der Waals surface area contributed by atoms with Gasteiger partial charge in [0.05, 0.1) is 22.5 Å². The summed E-state index contributed by atoms with van der Waals surface area (Å²) in [7, 11) is 0. The van der Waals surface area contributed by atoms with Crippen molar-refractivity contribution in [3.05, 3.63) is 221 Å². The molecule has 0 saturated carbocycles. The maximum Gasteiger partial charge on any atom is 0.0746 e. The zero-order valence-corrected chi connectivity index (χ0v) is 29.8. The van der Waals surface area contributed by atoms with Gasteiger partial charge in [-0.25, -0.2) is 0 Å². The molecule has 250 valence electrons. The van der Waals surface area contributed by atoms with Crippen LogP contribution in [0.3, 0.4) is 0 Å². The second-order valence-electron chi connectivity index (χ2n) is 15.2. The number of hydrogen-bond acceptors (Lipinski definition) is 1. The predicted molar refractivity (Wildman–Crippen MR) is 220 cm³/mol. The summed E-state index contributed by atoms with van der Waals surface area (Å²) in [6.07, 6.45) is 0. The number of anilines is 3. The molecule has 1 aliphatic heterocycles. The van der Waals surface area contributed by atoms with Gasteiger partial charge in [0.1, 0.15) is 0 Å². The molecule has 0 radical (unpaired) electrons. The van der Waals surface area contributed by atoms with Crippen LogP contribution in [0.15, 0.2) is 188 Å². The van der Waals surface area contributed by atoms with Crippen molar-refractivity contribution in [2.24, 2.45) is 0 Å². The lowest BCUT2D eigenvalue weighted by Crippen LogP contribution is -2.33. The molecule has 0 bridgehead atoms. The minimum atomic E-state index is -0.461. The van der Waals surface area contributed by atoms with Crippen LogP contribution in [0.2, 0.25) is 0 Å². The largest absolute Gasteiger partial charge is 0.310 e. The monoisotopic (exact) mass is 675 g/mol. The summed E-state index contributed by atoms with van der Waals surface area (Å²) in [5.74, 6) is 0. The standard InChI is InChI=1S/C52H37N/c1-51(2)45-32-36(34-16-5-3-6-17-34)28-30-47(45)53(48-31-29-37(33-46(48)51)35-18-7-4-8-19-35)49-27-15-23-41-40-22-11-14-26-44(40)52(50(41)49)42-24-12-9-20-38(42)39-21-10-13-25-43(39)52/h3-33H,1-2H3. The third kappa shape index (κ3) is 4.02. The number of benzene rings is 8. The van der Waals surface area contributed by atoms with Crippen LogP contribution < -0.4 is 4.90 Å². The van der Waals surface area contributed by atoms with E-state index in [9.17, 15) is 0 Å². The van der Waals surface area contributed by atoms with E-state index in [1.807, 2.05) is 0 Å². The van der Waals surface area contributed by atoms with Gasteiger partial charge in [-0.3, -0.25) is 0 Å². The van der Waals surface area contributed by atoms with Crippen molar-refractivity contribution in [2.75, 3.05) is 4.90 Å². The zero-order chi connectivity index (χ0) is 35.3. The van der Waals surface area contributed by atoms with Gasteiger partial charge in [-0.05, 0) is 103 Å². The lowest BCUT2D eigenvalue weighted by molar-refractivity contribution is 0.632. The fourth-order valence-electron chi connectivity index (χ4n) is 9.94. The van der Waals surface area contributed by atoms with Crippen LogP contribution in [0.1, 0.15) is 47.2 Å². The first-order valence-electron chi connectivity index (χ1n) is 18.7. The highest BCUT2D eigenvalue weighted by Crippen LogP contribution is 2.66. The quantitative estimate of drug-likeness (QED) is 0.180. The zero-order valence-electron chi connectivity index (χ0n) is 29.8. The number of nitrogens with zero attached hydrogens (tertiary/aromatic N) is 1. The third-order valence-corrected chi connectivity index (χ3v) is 12.3. The number of hydrogen-bond donors (Lipinski definition) is 0. The van der Waals surface area contributed by atoms with Gasteiger partial charge in [0, 0.05) is 11.0 Å². The summed E-state index contributed by atoms with van der Waals surface area (Å²) in [5.41, 5.74) is 21.2. The van der Waals surface area contributed by atoms with Crippen LogP contribution >= 0.6 is 0 Å². The summed E-state index contributed by atoms with van der Waals surface area (Å²) in [6, 6.07) is 70.2. The van der Waals surface area contributed by atoms with Crippen LogP contribution in [0.4, 0.5) is 17.1 Å². The van der Waals surface area contributed by atoms with E-state index in [0.29, 0.717) is 0 Å². The highest BCUT2D eigenvalue weighted by molar-refractivity contribution is 6.01. The van der Waals surface area contributed by atoms with Gasteiger partial charge < -0.3 is 4.90 Å². The molecule has 0 aromatic heterocycles. The molecule has 1 heterocycles. The van der Waals surface area contributed by atoms with Gasteiger partial charge in [-0.15, -0.1) is 0 Å². The van der Waals surface area contributed by atoms with Crippen molar-refractivity contribution in [3.8, 4) is 44.5 Å². The Morgan fingerprint density at radius 3 is 1.23 bits per heavy atom. The van der Waals surface area contributed by atoms with Crippen LogP contribution in [-0.4, -0.2) is 0 Å². The molecule has 1 spiro atoms. The first-order chi connectivity index (χ1) is 26.1. The highest BCUT2D eigenvalue weighted by Gasteiger charge is 2.53. The van der Waals surface area contributed by atoms with Crippen LogP contribution in [0.25, 0.3) is 44.5 Å². The smallest absolute Gasteiger partial charge is 0.0746 e. The van der Waals surface area contributed by atoms with Crippen LogP contribution in [0, 0.1) is 0 Å². The van der Waals surface area contributed by atoms with Gasteiger partial charge in [-0.2, -0.15) is 0 Å². The van der Waals surface area contributed by atoms with Gasteiger partial charge in [-0.1, -0.05) is 172 Å². The molecular weight excluding hydrogens is 639 g/mol. The molecule has 8 aromatic carbocycles. The normalized spacial score (nSPS) is 14.9. The van der Waals surface area contributed by atoms with E-state index < -0.39 is 5.41 Å². The van der Waals surface area contributed by atoms with Gasteiger partial charge >= 0.3 is 0 Å². The van der Waals surface area contributed by atoms with E-state index >= 15 is 0 Å². The summed E-state index contributed by atoms with van der Waals surface area (Å²) in [6.45, 7) is 4.81. The van der Waals surface area contributed by atoms with E-state index in [2.05, 4.69) is 207 Å². The molecule has 0 atom stereocenters. The van der Waals surface area contributed by atoms with Gasteiger partial charge in [0.2, 0.25) is 0 Å². The second-order valence-corrected chi connectivity index (χ2v) is 15.2. The second kappa shape index (κ2) is 11.0. The Bertz CT molecular complexity index is 2600. The SMILES string of the molecule is CC1(C)c2cc(-c3ccccc3)ccc2N(c2cccc3c2C2(c4ccccc4-c4ccccc42)c2ccccc2-3)c2ccc(-c3ccccc3)cc21. The Balaban J connectivity index is 1.24. The van der Waals surface area contributed by atoms with Crippen molar-refractivity contribution < 1.29 is 0 Å². The molecule has 1 heteroatoms.